The predicted molar refractivity (Wildman–Crippen MR) is 89.2 cm³/mol. The van der Waals surface area contributed by atoms with E-state index < -0.39 is 10.0 Å². The van der Waals surface area contributed by atoms with Crippen molar-refractivity contribution in [1.82, 2.24) is 4.31 Å². The summed E-state index contributed by atoms with van der Waals surface area (Å²) < 4.78 is 27.7. The van der Waals surface area contributed by atoms with Crippen molar-refractivity contribution in [2.45, 2.75) is 57.9 Å². The molecule has 0 saturated carbocycles. The van der Waals surface area contributed by atoms with Crippen molar-refractivity contribution < 1.29 is 8.42 Å². The number of nitrogens with zero attached hydrogens (tertiary/aromatic N) is 1. The summed E-state index contributed by atoms with van der Waals surface area (Å²) in [6.07, 6.45) is 2.68. The molecule has 4 nitrogen and oxygen atoms in total. The van der Waals surface area contributed by atoms with Gasteiger partial charge in [-0.05, 0) is 38.8 Å². The van der Waals surface area contributed by atoms with Gasteiger partial charge in [-0.25, -0.2) is 8.42 Å². The summed E-state index contributed by atoms with van der Waals surface area (Å²) in [5.74, 6) is 0. The zero-order valence-electron chi connectivity index (χ0n) is 13.6. The van der Waals surface area contributed by atoms with Crippen molar-refractivity contribution in [3.8, 4) is 0 Å². The number of hydrogen-bond donors (Lipinski definition) is 1. The van der Waals surface area contributed by atoms with E-state index in [4.69, 9.17) is 0 Å². The number of benzene rings is 1. The van der Waals surface area contributed by atoms with Crippen molar-refractivity contribution in [1.29, 1.82) is 0 Å². The first-order valence-electron chi connectivity index (χ1n) is 7.83. The molecule has 0 aliphatic rings. The van der Waals surface area contributed by atoms with Crippen LogP contribution < -0.4 is 5.32 Å². The molecule has 0 amide bonds. The van der Waals surface area contributed by atoms with Gasteiger partial charge in [0.2, 0.25) is 10.0 Å². The molecule has 0 heterocycles. The van der Waals surface area contributed by atoms with E-state index in [9.17, 15) is 8.42 Å². The molecule has 0 fully saturated rings. The van der Waals surface area contributed by atoms with Crippen LogP contribution in [0.2, 0.25) is 0 Å². The van der Waals surface area contributed by atoms with Crippen LogP contribution in [-0.4, -0.2) is 31.9 Å². The quantitative estimate of drug-likeness (QED) is 0.756. The van der Waals surface area contributed by atoms with Gasteiger partial charge in [0.05, 0.1) is 5.69 Å². The van der Waals surface area contributed by atoms with Gasteiger partial charge >= 0.3 is 0 Å². The maximum Gasteiger partial charge on any atom is 0.245 e. The number of nitrogens with one attached hydrogen (secondary N) is 1. The second-order valence-corrected chi connectivity index (χ2v) is 7.11. The Balaban J connectivity index is 3.22. The maximum atomic E-state index is 13.0. The number of para-hydroxylation sites is 1. The third kappa shape index (κ3) is 4.45. The van der Waals surface area contributed by atoms with E-state index in [1.165, 1.54) is 0 Å². The molecule has 1 N–H and O–H groups in total. The minimum absolute atomic E-state index is 0.0104. The van der Waals surface area contributed by atoms with E-state index >= 15 is 0 Å². The Morgan fingerprint density at radius 3 is 2.43 bits per heavy atom. The van der Waals surface area contributed by atoms with Gasteiger partial charge < -0.3 is 5.32 Å². The first-order valence-corrected chi connectivity index (χ1v) is 9.27. The van der Waals surface area contributed by atoms with Gasteiger partial charge in [-0.2, -0.15) is 4.31 Å². The van der Waals surface area contributed by atoms with Crippen molar-refractivity contribution in [2.75, 3.05) is 18.4 Å². The van der Waals surface area contributed by atoms with E-state index in [0.29, 0.717) is 23.7 Å². The molecule has 1 aromatic rings. The molecule has 0 aliphatic carbocycles. The minimum atomic E-state index is -3.47. The fourth-order valence-electron chi connectivity index (χ4n) is 2.25. The fourth-order valence-corrected chi connectivity index (χ4v) is 4.16. The summed E-state index contributed by atoms with van der Waals surface area (Å²) in [4.78, 5) is 0.378. The molecule has 21 heavy (non-hydrogen) atoms. The molecular formula is C16H28N2O2S. The normalized spacial score (nSPS) is 13.4. The third-order valence-electron chi connectivity index (χ3n) is 3.66. The molecule has 0 spiro atoms. The van der Waals surface area contributed by atoms with Crippen molar-refractivity contribution >= 4 is 15.7 Å². The molecule has 0 saturated heterocycles. The van der Waals surface area contributed by atoms with Crippen LogP contribution in [0.25, 0.3) is 0 Å². The monoisotopic (exact) mass is 312 g/mol. The highest BCUT2D eigenvalue weighted by Crippen LogP contribution is 2.26. The van der Waals surface area contributed by atoms with Crippen LogP contribution in [-0.2, 0) is 10.0 Å². The van der Waals surface area contributed by atoms with Crippen LogP contribution in [0, 0.1) is 0 Å². The van der Waals surface area contributed by atoms with Crippen molar-refractivity contribution in [3.05, 3.63) is 24.3 Å². The van der Waals surface area contributed by atoms with Gasteiger partial charge in [0, 0.05) is 19.1 Å². The molecule has 0 bridgehead atoms. The predicted octanol–water partition coefficient (Wildman–Crippen LogP) is 3.71. The molecule has 5 heteroatoms. The third-order valence-corrected chi connectivity index (χ3v) is 5.73. The van der Waals surface area contributed by atoms with Gasteiger partial charge in [0.1, 0.15) is 4.90 Å². The first-order chi connectivity index (χ1) is 9.98. The largest absolute Gasteiger partial charge is 0.384 e. The topological polar surface area (TPSA) is 49.4 Å². The molecule has 0 aromatic heterocycles. The Kier molecular flexibility index (Phi) is 7.18. The first kappa shape index (κ1) is 18.0. The summed E-state index contributed by atoms with van der Waals surface area (Å²) in [7, 11) is -3.47. The lowest BCUT2D eigenvalue weighted by molar-refractivity contribution is 0.324. The Hall–Kier alpha value is -1.07. The van der Waals surface area contributed by atoms with E-state index in [-0.39, 0.29) is 6.04 Å². The molecule has 120 valence electrons. The number of hydrogen-bond acceptors (Lipinski definition) is 3. The lowest BCUT2D eigenvalue weighted by atomic mass is 10.2. The minimum Gasteiger partial charge on any atom is -0.384 e. The Morgan fingerprint density at radius 1 is 1.19 bits per heavy atom. The average Bonchev–Trinajstić information content (AvgIpc) is 2.48. The molecular weight excluding hydrogens is 284 g/mol. The zero-order valence-corrected chi connectivity index (χ0v) is 14.4. The molecule has 1 unspecified atom stereocenters. The number of rotatable bonds is 9. The SMILES string of the molecule is CCCCN(C(C)CC)S(=O)(=O)c1ccccc1NCC. The number of unbranched alkanes of at least 4 members (excludes halogenated alkanes) is 1. The van der Waals surface area contributed by atoms with Crippen LogP contribution in [0.5, 0.6) is 0 Å². The summed E-state index contributed by atoms with van der Waals surface area (Å²) in [5, 5.41) is 3.14. The van der Waals surface area contributed by atoms with Gasteiger partial charge in [-0.1, -0.05) is 32.4 Å². The standard InChI is InChI=1S/C16H28N2O2S/c1-5-8-13-18(14(4)6-2)21(19,20)16-12-10-9-11-15(16)17-7-3/h9-12,14,17H,5-8,13H2,1-4H3. The van der Waals surface area contributed by atoms with E-state index in [1.807, 2.05) is 32.9 Å². The van der Waals surface area contributed by atoms with E-state index in [1.54, 1.807) is 16.4 Å². The summed E-state index contributed by atoms with van der Waals surface area (Å²) in [6.45, 7) is 9.32. The van der Waals surface area contributed by atoms with Crippen molar-refractivity contribution in [3.63, 3.8) is 0 Å². The summed E-state index contributed by atoms with van der Waals surface area (Å²) in [5.41, 5.74) is 0.685. The highest BCUT2D eigenvalue weighted by atomic mass is 32.2. The van der Waals surface area contributed by atoms with Crippen molar-refractivity contribution in [2.24, 2.45) is 0 Å². The van der Waals surface area contributed by atoms with Crippen LogP contribution in [0.1, 0.15) is 47.0 Å². The number of sulfonamides is 1. The van der Waals surface area contributed by atoms with Crippen LogP contribution in [0.15, 0.2) is 29.2 Å². The van der Waals surface area contributed by atoms with E-state index in [2.05, 4.69) is 12.2 Å². The van der Waals surface area contributed by atoms with Crippen LogP contribution >= 0.6 is 0 Å². The second-order valence-electron chi connectivity index (χ2n) is 5.25. The van der Waals surface area contributed by atoms with Gasteiger partial charge in [-0.3, -0.25) is 0 Å². The molecule has 1 rings (SSSR count). The van der Waals surface area contributed by atoms with Crippen LogP contribution in [0.3, 0.4) is 0 Å². The lowest BCUT2D eigenvalue weighted by Gasteiger charge is -2.28. The molecule has 0 radical (unpaired) electrons. The van der Waals surface area contributed by atoms with Crippen LogP contribution in [0.4, 0.5) is 5.69 Å². The Bertz CT molecular complexity index is 529. The summed E-state index contributed by atoms with van der Waals surface area (Å²) >= 11 is 0. The summed E-state index contributed by atoms with van der Waals surface area (Å²) in [6, 6.07) is 7.16. The highest BCUT2D eigenvalue weighted by Gasteiger charge is 2.29. The van der Waals surface area contributed by atoms with E-state index in [0.717, 1.165) is 19.3 Å². The van der Waals surface area contributed by atoms with Gasteiger partial charge in [-0.15, -0.1) is 0 Å². The lowest BCUT2D eigenvalue weighted by Crippen LogP contribution is -2.39. The second kappa shape index (κ2) is 8.39. The number of anilines is 1. The average molecular weight is 312 g/mol. The fraction of sp³-hybridized carbons (Fsp3) is 0.625. The Labute approximate surface area is 129 Å². The Morgan fingerprint density at radius 2 is 1.86 bits per heavy atom. The molecule has 1 aromatic carbocycles. The van der Waals surface area contributed by atoms with Gasteiger partial charge in [0.15, 0.2) is 0 Å². The smallest absolute Gasteiger partial charge is 0.245 e. The molecule has 1 atom stereocenters. The highest BCUT2D eigenvalue weighted by molar-refractivity contribution is 7.89. The maximum absolute atomic E-state index is 13.0. The van der Waals surface area contributed by atoms with Gasteiger partial charge in [0.25, 0.3) is 0 Å². The zero-order chi connectivity index (χ0) is 15.9. The molecule has 0 aliphatic heterocycles.